The van der Waals surface area contributed by atoms with Crippen LogP contribution >= 0.6 is 0 Å². The maximum Gasteiger partial charge on any atom is 0.126 e. The summed E-state index contributed by atoms with van der Waals surface area (Å²) in [6, 6.07) is 12.6. The average molecular weight is 310 g/mol. The van der Waals surface area contributed by atoms with Crippen molar-refractivity contribution in [2.45, 2.75) is 31.5 Å². The largest absolute Gasteiger partial charge is 0.485 e. The third-order valence-electron chi connectivity index (χ3n) is 4.76. The molecule has 2 aromatic rings. The summed E-state index contributed by atoms with van der Waals surface area (Å²) in [6.45, 7) is 4.34. The van der Waals surface area contributed by atoms with Gasteiger partial charge in [0.1, 0.15) is 11.4 Å². The molecule has 1 fully saturated rings. The number of fused-ring (bicyclic) bond motifs is 1. The van der Waals surface area contributed by atoms with Crippen molar-refractivity contribution >= 4 is 0 Å². The fourth-order valence-corrected chi connectivity index (χ4v) is 3.57. The van der Waals surface area contributed by atoms with Crippen LogP contribution in [0.4, 0.5) is 0 Å². The predicted octanol–water partition coefficient (Wildman–Crippen LogP) is 3.03. The van der Waals surface area contributed by atoms with Crippen molar-refractivity contribution in [3.05, 3.63) is 59.9 Å². The fraction of sp³-hybridized carbons (Fsp3) is 0.421. The number of para-hydroxylation sites is 1. The highest BCUT2D eigenvalue weighted by Crippen LogP contribution is 2.35. The van der Waals surface area contributed by atoms with Crippen molar-refractivity contribution in [1.82, 2.24) is 9.88 Å². The van der Waals surface area contributed by atoms with Gasteiger partial charge in [0.25, 0.3) is 0 Å². The second-order valence-electron chi connectivity index (χ2n) is 6.51. The Morgan fingerprint density at radius 1 is 1.04 bits per heavy atom. The summed E-state index contributed by atoms with van der Waals surface area (Å²) in [5.41, 5.74) is 2.43. The van der Waals surface area contributed by atoms with Crippen molar-refractivity contribution in [3.8, 4) is 5.75 Å². The molecule has 120 valence electrons. The molecule has 0 bridgehead atoms. The van der Waals surface area contributed by atoms with E-state index >= 15 is 0 Å². The lowest BCUT2D eigenvalue weighted by atomic mass is 9.93. The molecule has 0 saturated carbocycles. The van der Waals surface area contributed by atoms with Gasteiger partial charge < -0.3 is 9.47 Å². The number of rotatable bonds is 2. The summed E-state index contributed by atoms with van der Waals surface area (Å²) < 4.78 is 12.1. The predicted molar refractivity (Wildman–Crippen MR) is 88.2 cm³/mol. The maximum atomic E-state index is 6.52. The van der Waals surface area contributed by atoms with Crippen LogP contribution in [0, 0.1) is 0 Å². The minimum atomic E-state index is -0.127. The van der Waals surface area contributed by atoms with Gasteiger partial charge in [-0.25, -0.2) is 0 Å². The second kappa shape index (κ2) is 6.30. The topological polar surface area (TPSA) is 34.6 Å². The molecular formula is C19H22N2O2. The number of aromatic nitrogens is 1. The second-order valence-corrected chi connectivity index (χ2v) is 6.51. The maximum absolute atomic E-state index is 6.52. The van der Waals surface area contributed by atoms with Crippen LogP contribution in [0.3, 0.4) is 0 Å². The number of benzene rings is 1. The molecule has 4 nitrogen and oxygen atoms in total. The molecule has 0 amide bonds. The summed E-state index contributed by atoms with van der Waals surface area (Å²) in [5.74, 6) is 1.03. The number of nitrogens with zero attached hydrogens (tertiary/aromatic N) is 2. The first kappa shape index (κ1) is 14.7. The monoisotopic (exact) mass is 310 g/mol. The van der Waals surface area contributed by atoms with Crippen molar-refractivity contribution < 1.29 is 9.47 Å². The number of hydrogen-bond acceptors (Lipinski definition) is 4. The van der Waals surface area contributed by atoms with Crippen molar-refractivity contribution in [2.75, 3.05) is 19.8 Å². The van der Waals surface area contributed by atoms with E-state index in [0.717, 1.165) is 51.4 Å². The highest BCUT2D eigenvalue weighted by atomic mass is 16.5. The number of ether oxygens (including phenoxy) is 2. The van der Waals surface area contributed by atoms with Crippen LogP contribution in [0.1, 0.15) is 24.0 Å². The zero-order chi connectivity index (χ0) is 15.5. The quantitative estimate of drug-likeness (QED) is 0.854. The fourth-order valence-electron chi connectivity index (χ4n) is 3.57. The Labute approximate surface area is 137 Å². The Bertz CT molecular complexity index is 653. The Balaban J connectivity index is 1.63. The van der Waals surface area contributed by atoms with Crippen LogP contribution in [0.15, 0.2) is 48.8 Å². The van der Waals surface area contributed by atoms with Crippen LogP contribution in [-0.2, 0) is 17.8 Å². The zero-order valence-corrected chi connectivity index (χ0v) is 13.3. The minimum absolute atomic E-state index is 0.127. The highest BCUT2D eigenvalue weighted by Gasteiger charge is 2.39. The molecule has 1 aromatic heterocycles. The summed E-state index contributed by atoms with van der Waals surface area (Å²) in [4.78, 5) is 6.61. The zero-order valence-electron chi connectivity index (χ0n) is 13.3. The van der Waals surface area contributed by atoms with E-state index in [0.29, 0.717) is 0 Å². The summed E-state index contributed by atoms with van der Waals surface area (Å²) in [5, 5.41) is 0. The molecule has 3 heterocycles. The van der Waals surface area contributed by atoms with E-state index in [1.54, 1.807) is 0 Å². The summed E-state index contributed by atoms with van der Waals surface area (Å²) in [7, 11) is 0. The normalized spacial score (nSPS) is 20.5. The van der Waals surface area contributed by atoms with Gasteiger partial charge in [0, 0.05) is 50.4 Å². The van der Waals surface area contributed by atoms with E-state index in [1.165, 1.54) is 11.1 Å². The molecule has 1 aromatic carbocycles. The number of pyridine rings is 1. The molecule has 0 aliphatic carbocycles. The first-order chi connectivity index (χ1) is 11.3. The minimum Gasteiger partial charge on any atom is -0.485 e. The Morgan fingerprint density at radius 2 is 1.83 bits per heavy atom. The van der Waals surface area contributed by atoms with Crippen LogP contribution in [0.2, 0.25) is 0 Å². The van der Waals surface area contributed by atoms with E-state index in [4.69, 9.17) is 9.47 Å². The summed E-state index contributed by atoms with van der Waals surface area (Å²) >= 11 is 0. The highest BCUT2D eigenvalue weighted by molar-refractivity contribution is 5.35. The lowest BCUT2D eigenvalue weighted by molar-refractivity contribution is -0.0594. The van der Waals surface area contributed by atoms with Gasteiger partial charge in [-0.3, -0.25) is 9.88 Å². The lowest BCUT2D eigenvalue weighted by Gasteiger charge is -2.39. The van der Waals surface area contributed by atoms with E-state index < -0.39 is 0 Å². The van der Waals surface area contributed by atoms with Crippen LogP contribution in [0.25, 0.3) is 0 Å². The third-order valence-corrected chi connectivity index (χ3v) is 4.76. The molecule has 4 rings (SSSR count). The molecule has 23 heavy (non-hydrogen) atoms. The average Bonchev–Trinajstić information content (AvgIpc) is 2.72. The van der Waals surface area contributed by atoms with Gasteiger partial charge in [-0.05, 0) is 23.8 Å². The standard InChI is InChI=1S/C19H22N2O2/c1-2-4-18-17(3-1)14-21(13-16-5-9-20-10-6-16)15-19(23-18)7-11-22-12-8-19/h1-6,9-10H,7-8,11-15H2. The van der Waals surface area contributed by atoms with Crippen LogP contribution in [0.5, 0.6) is 5.75 Å². The third kappa shape index (κ3) is 3.23. The van der Waals surface area contributed by atoms with Gasteiger partial charge in [0.2, 0.25) is 0 Å². The van der Waals surface area contributed by atoms with Crippen molar-refractivity contribution in [1.29, 1.82) is 0 Å². The van der Waals surface area contributed by atoms with Gasteiger partial charge in [-0.15, -0.1) is 0 Å². The van der Waals surface area contributed by atoms with Gasteiger partial charge in [0.15, 0.2) is 0 Å². The van der Waals surface area contributed by atoms with Gasteiger partial charge in [0.05, 0.1) is 13.2 Å². The molecule has 2 aliphatic rings. The number of hydrogen-bond donors (Lipinski definition) is 0. The molecule has 4 heteroatoms. The van der Waals surface area contributed by atoms with Gasteiger partial charge in [-0.1, -0.05) is 18.2 Å². The molecule has 2 aliphatic heterocycles. The van der Waals surface area contributed by atoms with E-state index in [2.05, 4.69) is 46.3 Å². The molecule has 0 radical (unpaired) electrons. The first-order valence-electron chi connectivity index (χ1n) is 8.29. The van der Waals surface area contributed by atoms with E-state index in [9.17, 15) is 0 Å². The molecule has 1 spiro atoms. The molecule has 0 atom stereocenters. The van der Waals surface area contributed by atoms with Crippen LogP contribution in [-0.4, -0.2) is 35.2 Å². The van der Waals surface area contributed by atoms with Crippen molar-refractivity contribution in [2.24, 2.45) is 0 Å². The van der Waals surface area contributed by atoms with Crippen molar-refractivity contribution in [3.63, 3.8) is 0 Å². The Kier molecular flexibility index (Phi) is 4.02. The lowest BCUT2D eigenvalue weighted by Crippen LogP contribution is -2.49. The first-order valence-corrected chi connectivity index (χ1v) is 8.29. The van der Waals surface area contributed by atoms with E-state index in [1.807, 2.05) is 12.4 Å². The van der Waals surface area contributed by atoms with E-state index in [-0.39, 0.29) is 5.60 Å². The summed E-state index contributed by atoms with van der Waals surface area (Å²) in [6.07, 6.45) is 5.63. The molecule has 1 saturated heterocycles. The molecule has 0 N–H and O–H groups in total. The SMILES string of the molecule is c1ccc2c(c1)CN(Cc1ccncc1)CC1(CCOCC1)O2. The van der Waals surface area contributed by atoms with Gasteiger partial charge >= 0.3 is 0 Å². The Morgan fingerprint density at radius 3 is 2.65 bits per heavy atom. The molecule has 0 unspecified atom stereocenters. The van der Waals surface area contributed by atoms with Gasteiger partial charge in [-0.2, -0.15) is 0 Å². The van der Waals surface area contributed by atoms with Crippen LogP contribution < -0.4 is 4.74 Å². The smallest absolute Gasteiger partial charge is 0.126 e. The molecular weight excluding hydrogens is 288 g/mol. The Hall–Kier alpha value is -1.91.